The number of alkyl halides is 2. The Morgan fingerprint density at radius 3 is 2.33 bits per heavy atom. The monoisotopic (exact) mass is 190 g/mol. The second-order valence-electron chi connectivity index (χ2n) is 2.87. The molecular formula is C9H9ClF2. The van der Waals surface area contributed by atoms with Crippen LogP contribution in [0.1, 0.15) is 18.1 Å². The zero-order valence-corrected chi connectivity index (χ0v) is 7.62. The third-order valence-corrected chi connectivity index (χ3v) is 1.91. The fourth-order valence-electron chi connectivity index (χ4n) is 0.976. The minimum Gasteiger partial charge on any atom is -0.202 e. The van der Waals surface area contributed by atoms with Crippen molar-refractivity contribution in [3.8, 4) is 0 Å². The molecule has 1 aromatic carbocycles. The van der Waals surface area contributed by atoms with Crippen LogP contribution in [0.2, 0.25) is 5.02 Å². The predicted molar refractivity (Wildman–Crippen MR) is 45.8 cm³/mol. The van der Waals surface area contributed by atoms with E-state index < -0.39 is 5.92 Å². The molecule has 0 saturated heterocycles. The summed E-state index contributed by atoms with van der Waals surface area (Å²) in [7, 11) is 0. The molecule has 0 N–H and O–H groups in total. The molecule has 0 nitrogen and oxygen atoms in total. The number of benzene rings is 1. The van der Waals surface area contributed by atoms with Gasteiger partial charge >= 0.3 is 0 Å². The van der Waals surface area contributed by atoms with Gasteiger partial charge in [-0.05, 0) is 18.6 Å². The quantitative estimate of drug-likeness (QED) is 0.633. The van der Waals surface area contributed by atoms with Crippen molar-refractivity contribution in [1.82, 2.24) is 0 Å². The van der Waals surface area contributed by atoms with Crippen LogP contribution in [-0.4, -0.2) is 0 Å². The minimum atomic E-state index is -2.86. The molecule has 12 heavy (non-hydrogen) atoms. The summed E-state index contributed by atoms with van der Waals surface area (Å²) in [6.45, 7) is 2.65. The van der Waals surface area contributed by atoms with Gasteiger partial charge in [0.05, 0.1) is 0 Å². The molecule has 0 aromatic heterocycles. The van der Waals surface area contributed by atoms with Gasteiger partial charge in [-0.25, -0.2) is 8.78 Å². The summed E-state index contributed by atoms with van der Waals surface area (Å²) in [5, 5.41) is 0.127. The van der Waals surface area contributed by atoms with Gasteiger partial charge in [-0.15, -0.1) is 0 Å². The first-order valence-corrected chi connectivity index (χ1v) is 3.93. The number of hydrogen-bond donors (Lipinski definition) is 0. The summed E-state index contributed by atoms with van der Waals surface area (Å²) in [5.74, 6) is -2.86. The summed E-state index contributed by atoms with van der Waals surface area (Å²) in [6, 6.07) is 4.52. The highest BCUT2D eigenvalue weighted by molar-refractivity contribution is 6.31. The van der Waals surface area contributed by atoms with Gasteiger partial charge in [0.15, 0.2) is 0 Å². The maximum absolute atomic E-state index is 12.8. The molecule has 0 aliphatic carbocycles. The van der Waals surface area contributed by atoms with Gasteiger partial charge in [-0.1, -0.05) is 23.7 Å². The van der Waals surface area contributed by atoms with Crippen LogP contribution in [0.15, 0.2) is 18.2 Å². The van der Waals surface area contributed by atoms with Gasteiger partial charge in [0.1, 0.15) is 0 Å². The van der Waals surface area contributed by atoms with Gasteiger partial charge in [-0.2, -0.15) is 0 Å². The lowest BCUT2D eigenvalue weighted by Gasteiger charge is -2.12. The standard InChI is InChI=1S/C9H9ClF2/c1-6-3-4-7(8(10)5-6)9(2,11)12/h3-5H,1-2H3. The second kappa shape index (κ2) is 3.02. The summed E-state index contributed by atoms with van der Waals surface area (Å²) in [6.07, 6.45) is 0. The largest absolute Gasteiger partial charge is 0.271 e. The Kier molecular flexibility index (Phi) is 2.38. The maximum atomic E-state index is 12.8. The lowest BCUT2D eigenvalue weighted by atomic mass is 10.1. The van der Waals surface area contributed by atoms with E-state index >= 15 is 0 Å². The van der Waals surface area contributed by atoms with Crippen LogP contribution in [0.25, 0.3) is 0 Å². The van der Waals surface area contributed by atoms with Crippen molar-refractivity contribution in [2.45, 2.75) is 19.8 Å². The van der Waals surface area contributed by atoms with Crippen molar-refractivity contribution < 1.29 is 8.78 Å². The van der Waals surface area contributed by atoms with E-state index in [9.17, 15) is 8.78 Å². The van der Waals surface area contributed by atoms with Gasteiger partial charge in [0, 0.05) is 17.5 Å². The first kappa shape index (κ1) is 9.46. The molecule has 0 aliphatic heterocycles. The van der Waals surface area contributed by atoms with Crippen molar-refractivity contribution in [2.24, 2.45) is 0 Å². The Morgan fingerprint density at radius 1 is 1.33 bits per heavy atom. The molecule has 0 unspecified atom stereocenters. The lowest BCUT2D eigenvalue weighted by molar-refractivity contribution is 0.0176. The van der Waals surface area contributed by atoms with Crippen LogP contribution in [0.5, 0.6) is 0 Å². The molecule has 0 amide bonds. The zero-order chi connectivity index (χ0) is 9.35. The Balaban J connectivity index is 3.19. The van der Waals surface area contributed by atoms with Crippen LogP contribution in [0, 0.1) is 6.92 Å². The van der Waals surface area contributed by atoms with Crippen molar-refractivity contribution in [3.63, 3.8) is 0 Å². The highest BCUT2D eigenvalue weighted by atomic mass is 35.5. The molecule has 3 heteroatoms. The average Bonchev–Trinajstić information content (AvgIpc) is 1.83. The molecule has 0 heterocycles. The summed E-state index contributed by atoms with van der Waals surface area (Å²) >= 11 is 5.63. The Hall–Kier alpha value is -0.630. The van der Waals surface area contributed by atoms with Crippen LogP contribution in [0.4, 0.5) is 8.78 Å². The normalized spacial score (nSPS) is 11.8. The van der Waals surface area contributed by atoms with Gasteiger partial charge in [0.25, 0.3) is 5.92 Å². The first-order chi connectivity index (χ1) is 5.41. The van der Waals surface area contributed by atoms with Crippen molar-refractivity contribution in [1.29, 1.82) is 0 Å². The second-order valence-corrected chi connectivity index (χ2v) is 3.28. The van der Waals surface area contributed by atoms with E-state index in [0.717, 1.165) is 12.5 Å². The maximum Gasteiger partial charge on any atom is 0.271 e. The fraction of sp³-hybridized carbons (Fsp3) is 0.333. The molecular weight excluding hydrogens is 182 g/mol. The van der Waals surface area contributed by atoms with Crippen molar-refractivity contribution in [2.75, 3.05) is 0 Å². The van der Waals surface area contributed by atoms with Crippen molar-refractivity contribution in [3.05, 3.63) is 34.3 Å². The highest BCUT2D eigenvalue weighted by Gasteiger charge is 2.26. The molecule has 1 aromatic rings. The van der Waals surface area contributed by atoms with Crippen LogP contribution >= 0.6 is 11.6 Å². The van der Waals surface area contributed by atoms with Crippen LogP contribution in [0.3, 0.4) is 0 Å². The first-order valence-electron chi connectivity index (χ1n) is 3.55. The van der Waals surface area contributed by atoms with E-state index in [0.29, 0.717) is 0 Å². The van der Waals surface area contributed by atoms with E-state index in [1.54, 1.807) is 6.07 Å². The topological polar surface area (TPSA) is 0 Å². The molecule has 0 radical (unpaired) electrons. The Morgan fingerprint density at radius 2 is 1.92 bits per heavy atom. The fourth-order valence-corrected chi connectivity index (χ4v) is 1.38. The highest BCUT2D eigenvalue weighted by Crippen LogP contribution is 2.32. The van der Waals surface area contributed by atoms with Gasteiger partial charge in [-0.3, -0.25) is 0 Å². The number of halogens is 3. The number of aryl methyl sites for hydroxylation is 1. The summed E-state index contributed by atoms with van der Waals surface area (Å²) in [5.41, 5.74) is 0.766. The van der Waals surface area contributed by atoms with Crippen LogP contribution < -0.4 is 0 Å². The molecule has 0 fully saturated rings. The zero-order valence-electron chi connectivity index (χ0n) is 6.87. The third kappa shape index (κ3) is 1.95. The van der Waals surface area contributed by atoms with Gasteiger partial charge < -0.3 is 0 Å². The van der Waals surface area contributed by atoms with Gasteiger partial charge in [0.2, 0.25) is 0 Å². The molecule has 0 aliphatic rings. The molecule has 0 spiro atoms. The lowest BCUT2D eigenvalue weighted by Crippen LogP contribution is -2.07. The molecule has 66 valence electrons. The van der Waals surface area contributed by atoms with E-state index in [-0.39, 0.29) is 10.6 Å². The van der Waals surface area contributed by atoms with E-state index in [4.69, 9.17) is 11.6 Å². The van der Waals surface area contributed by atoms with E-state index in [1.165, 1.54) is 12.1 Å². The predicted octanol–water partition coefficient (Wildman–Crippen LogP) is 3.76. The van der Waals surface area contributed by atoms with Crippen LogP contribution in [-0.2, 0) is 5.92 Å². The number of hydrogen-bond acceptors (Lipinski definition) is 0. The molecule has 0 bridgehead atoms. The summed E-state index contributed by atoms with van der Waals surface area (Å²) < 4.78 is 25.5. The molecule has 0 saturated carbocycles. The third-order valence-electron chi connectivity index (χ3n) is 1.60. The van der Waals surface area contributed by atoms with Crippen molar-refractivity contribution >= 4 is 11.6 Å². The Bertz CT molecular complexity index is 289. The Labute approximate surface area is 75.2 Å². The SMILES string of the molecule is Cc1ccc(C(C)(F)F)c(Cl)c1. The number of rotatable bonds is 1. The summed E-state index contributed by atoms with van der Waals surface area (Å²) in [4.78, 5) is 0. The minimum absolute atomic E-state index is 0.116. The molecule has 0 atom stereocenters. The van der Waals surface area contributed by atoms with E-state index in [1.807, 2.05) is 6.92 Å². The molecule has 1 rings (SSSR count). The smallest absolute Gasteiger partial charge is 0.202 e. The average molecular weight is 191 g/mol. The van der Waals surface area contributed by atoms with E-state index in [2.05, 4.69) is 0 Å².